The topological polar surface area (TPSA) is 21.3 Å². The molecule has 0 aliphatic rings. The Hall–Kier alpha value is -1.80. The number of hydrogen-bond acceptors (Lipinski definition) is 2. The Bertz CT molecular complexity index is 553. The van der Waals surface area contributed by atoms with Crippen molar-refractivity contribution in [2.75, 3.05) is 7.11 Å². The van der Waals surface area contributed by atoms with E-state index in [0.29, 0.717) is 12.1 Å². The second-order valence-corrected chi connectivity index (χ2v) is 5.79. The SMILES string of the molecule is CCC(CCc1ccccc1)NC(C)c1cccc(OC)c1. The first-order valence-corrected chi connectivity index (χ1v) is 8.16. The molecule has 2 aromatic rings. The van der Waals surface area contributed by atoms with Gasteiger partial charge in [0, 0.05) is 12.1 Å². The maximum absolute atomic E-state index is 5.31. The highest BCUT2D eigenvalue weighted by molar-refractivity contribution is 5.30. The summed E-state index contributed by atoms with van der Waals surface area (Å²) in [5.74, 6) is 0.920. The molecule has 0 bridgehead atoms. The van der Waals surface area contributed by atoms with E-state index in [1.54, 1.807) is 7.11 Å². The fourth-order valence-electron chi connectivity index (χ4n) is 2.75. The second kappa shape index (κ2) is 8.60. The van der Waals surface area contributed by atoms with Gasteiger partial charge in [-0.15, -0.1) is 0 Å². The molecule has 0 saturated heterocycles. The number of aryl methyl sites for hydroxylation is 1. The highest BCUT2D eigenvalue weighted by atomic mass is 16.5. The second-order valence-electron chi connectivity index (χ2n) is 5.79. The normalized spacial score (nSPS) is 13.6. The van der Waals surface area contributed by atoms with Gasteiger partial charge in [-0.25, -0.2) is 0 Å². The van der Waals surface area contributed by atoms with Crippen LogP contribution in [0.3, 0.4) is 0 Å². The summed E-state index contributed by atoms with van der Waals surface area (Å²) in [7, 11) is 1.71. The Balaban J connectivity index is 1.91. The van der Waals surface area contributed by atoms with Crippen molar-refractivity contribution in [1.29, 1.82) is 0 Å². The molecule has 0 radical (unpaired) electrons. The van der Waals surface area contributed by atoms with Gasteiger partial charge in [0.1, 0.15) is 5.75 Å². The van der Waals surface area contributed by atoms with Crippen LogP contribution in [0.2, 0.25) is 0 Å². The fourth-order valence-corrected chi connectivity index (χ4v) is 2.75. The van der Waals surface area contributed by atoms with Gasteiger partial charge in [-0.3, -0.25) is 0 Å². The van der Waals surface area contributed by atoms with E-state index in [1.807, 2.05) is 6.07 Å². The summed E-state index contributed by atoms with van der Waals surface area (Å²) in [5, 5.41) is 3.75. The van der Waals surface area contributed by atoms with Gasteiger partial charge in [0.05, 0.1) is 7.11 Å². The minimum absolute atomic E-state index is 0.329. The molecule has 2 atom stereocenters. The lowest BCUT2D eigenvalue weighted by molar-refractivity contribution is 0.406. The van der Waals surface area contributed by atoms with Gasteiger partial charge in [-0.2, -0.15) is 0 Å². The summed E-state index contributed by atoms with van der Waals surface area (Å²) in [4.78, 5) is 0. The zero-order valence-electron chi connectivity index (χ0n) is 13.9. The highest BCUT2D eigenvalue weighted by Gasteiger charge is 2.12. The first-order valence-electron chi connectivity index (χ1n) is 8.16. The van der Waals surface area contributed by atoms with E-state index in [9.17, 15) is 0 Å². The molecule has 1 N–H and O–H groups in total. The predicted molar refractivity (Wildman–Crippen MR) is 93.4 cm³/mol. The monoisotopic (exact) mass is 297 g/mol. The first-order chi connectivity index (χ1) is 10.7. The number of benzene rings is 2. The molecule has 0 aliphatic carbocycles. The van der Waals surface area contributed by atoms with Crippen LogP contribution in [0.5, 0.6) is 5.75 Å². The number of nitrogens with one attached hydrogen (secondary N) is 1. The van der Waals surface area contributed by atoms with E-state index in [2.05, 4.69) is 67.7 Å². The van der Waals surface area contributed by atoms with Crippen molar-refractivity contribution in [3.05, 3.63) is 65.7 Å². The molecule has 2 aromatic carbocycles. The van der Waals surface area contributed by atoms with Crippen LogP contribution in [-0.4, -0.2) is 13.2 Å². The maximum atomic E-state index is 5.31. The molecular formula is C20H27NO. The third-order valence-electron chi connectivity index (χ3n) is 4.20. The zero-order chi connectivity index (χ0) is 15.8. The standard InChI is InChI=1S/C20H27NO/c1-4-19(14-13-17-9-6-5-7-10-17)21-16(2)18-11-8-12-20(15-18)22-3/h5-12,15-16,19,21H,4,13-14H2,1-3H3. The maximum Gasteiger partial charge on any atom is 0.119 e. The van der Waals surface area contributed by atoms with Crippen LogP contribution in [0.25, 0.3) is 0 Å². The molecular weight excluding hydrogens is 270 g/mol. The van der Waals surface area contributed by atoms with Crippen LogP contribution in [0, 0.1) is 0 Å². The molecule has 2 rings (SSSR count). The summed E-state index contributed by atoms with van der Waals surface area (Å²) < 4.78 is 5.31. The van der Waals surface area contributed by atoms with Crippen molar-refractivity contribution in [1.82, 2.24) is 5.32 Å². The molecule has 2 nitrogen and oxygen atoms in total. The Morgan fingerprint density at radius 1 is 1.05 bits per heavy atom. The molecule has 22 heavy (non-hydrogen) atoms. The molecule has 0 aromatic heterocycles. The smallest absolute Gasteiger partial charge is 0.119 e. The van der Waals surface area contributed by atoms with Crippen LogP contribution in [0.15, 0.2) is 54.6 Å². The van der Waals surface area contributed by atoms with E-state index >= 15 is 0 Å². The lowest BCUT2D eigenvalue weighted by Gasteiger charge is -2.23. The molecule has 0 spiro atoms. The van der Waals surface area contributed by atoms with E-state index in [-0.39, 0.29) is 0 Å². The van der Waals surface area contributed by atoms with E-state index in [0.717, 1.165) is 25.0 Å². The number of methoxy groups -OCH3 is 1. The Morgan fingerprint density at radius 2 is 1.82 bits per heavy atom. The average Bonchev–Trinajstić information content (AvgIpc) is 2.59. The van der Waals surface area contributed by atoms with Gasteiger partial charge in [-0.05, 0) is 49.4 Å². The summed E-state index contributed by atoms with van der Waals surface area (Å²) in [6.07, 6.45) is 3.42. The minimum Gasteiger partial charge on any atom is -0.497 e. The van der Waals surface area contributed by atoms with Gasteiger partial charge in [-0.1, -0.05) is 49.4 Å². The molecule has 0 aliphatic heterocycles. The van der Waals surface area contributed by atoms with Crippen LogP contribution in [-0.2, 0) is 6.42 Å². The summed E-state index contributed by atoms with van der Waals surface area (Å²) in [5.41, 5.74) is 2.69. The largest absolute Gasteiger partial charge is 0.497 e. The average molecular weight is 297 g/mol. The van der Waals surface area contributed by atoms with E-state index < -0.39 is 0 Å². The number of rotatable bonds is 8. The third-order valence-corrected chi connectivity index (χ3v) is 4.20. The summed E-state index contributed by atoms with van der Waals surface area (Å²) >= 11 is 0. The molecule has 2 heteroatoms. The number of ether oxygens (including phenoxy) is 1. The van der Waals surface area contributed by atoms with Crippen LogP contribution in [0.4, 0.5) is 0 Å². The number of hydrogen-bond donors (Lipinski definition) is 1. The highest BCUT2D eigenvalue weighted by Crippen LogP contribution is 2.20. The van der Waals surface area contributed by atoms with Crippen molar-refractivity contribution in [3.63, 3.8) is 0 Å². The molecule has 0 fully saturated rings. The summed E-state index contributed by atoms with van der Waals surface area (Å²) in [6, 6.07) is 19.9. The van der Waals surface area contributed by atoms with Gasteiger partial charge >= 0.3 is 0 Å². The van der Waals surface area contributed by atoms with Crippen molar-refractivity contribution < 1.29 is 4.74 Å². The molecule has 2 unspecified atom stereocenters. The van der Waals surface area contributed by atoms with Crippen molar-refractivity contribution >= 4 is 0 Å². The van der Waals surface area contributed by atoms with Gasteiger partial charge in [0.25, 0.3) is 0 Å². The molecule has 0 amide bonds. The Morgan fingerprint density at radius 3 is 2.50 bits per heavy atom. The molecule has 0 heterocycles. The lowest BCUT2D eigenvalue weighted by Crippen LogP contribution is -2.31. The zero-order valence-corrected chi connectivity index (χ0v) is 13.9. The molecule has 0 saturated carbocycles. The van der Waals surface area contributed by atoms with Crippen LogP contribution >= 0.6 is 0 Å². The van der Waals surface area contributed by atoms with E-state index in [4.69, 9.17) is 4.74 Å². The fraction of sp³-hybridized carbons (Fsp3) is 0.400. The van der Waals surface area contributed by atoms with Crippen molar-refractivity contribution in [2.45, 2.75) is 45.2 Å². The van der Waals surface area contributed by atoms with Gasteiger partial charge in [0.15, 0.2) is 0 Å². The summed E-state index contributed by atoms with van der Waals surface area (Å²) in [6.45, 7) is 4.47. The van der Waals surface area contributed by atoms with E-state index in [1.165, 1.54) is 11.1 Å². The first kappa shape index (κ1) is 16.6. The quantitative estimate of drug-likeness (QED) is 0.758. The predicted octanol–water partition coefficient (Wildman–Crippen LogP) is 4.76. The molecule has 118 valence electrons. The van der Waals surface area contributed by atoms with Gasteiger partial charge < -0.3 is 10.1 Å². The lowest BCUT2D eigenvalue weighted by atomic mass is 10.0. The van der Waals surface area contributed by atoms with Crippen molar-refractivity contribution in [2.24, 2.45) is 0 Å². The minimum atomic E-state index is 0.329. The third kappa shape index (κ3) is 4.88. The van der Waals surface area contributed by atoms with Gasteiger partial charge in [0.2, 0.25) is 0 Å². The Kier molecular flexibility index (Phi) is 6.47. The van der Waals surface area contributed by atoms with Crippen LogP contribution < -0.4 is 10.1 Å². The van der Waals surface area contributed by atoms with Crippen molar-refractivity contribution in [3.8, 4) is 5.75 Å². The van der Waals surface area contributed by atoms with Crippen LogP contribution in [0.1, 0.15) is 43.9 Å². The Labute approximate surface area is 134 Å².